The molecular formula is C13H27NO2. The van der Waals surface area contributed by atoms with Crippen LogP contribution in [0.25, 0.3) is 0 Å². The molecule has 0 amide bonds. The third-order valence-corrected chi connectivity index (χ3v) is 3.37. The highest BCUT2D eigenvalue weighted by molar-refractivity contribution is 4.74. The van der Waals surface area contributed by atoms with E-state index in [0.29, 0.717) is 12.6 Å². The van der Waals surface area contributed by atoms with E-state index in [0.717, 1.165) is 39.1 Å². The second-order valence-electron chi connectivity index (χ2n) is 4.69. The molecule has 0 aromatic carbocycles. The first-order chi connectivity index (χ1) is 7.88. The Morgan fingerprint density at radius 2 is 2.12 bits per heavy atom. The Hall–Kier alpha value is -0.120. The van der Waals surface area contributed by atoms with E-state index < -0.39 is 0 Å². The summed E-state index contributed by atoms with van der Waals surface area (Å²) in [6, 6.07) is 0.372. The minimum Gasteiger partial charge on any atom is -0.395 e. The quantitative estimate of drug-likeness (QED) is 0.678. The fourth-order valence-electron chi connectivity index (χ4n) is 2.27. The van der Waals surface area contributed by atoms with Crippen LogP contribution in [-0.2, 0) is 4.74 Å². The van der Waals surface area contributed by atoms with E-state index in [1.807, 2.05) is 0 Å². The molecule has 96 valence electrons. The third-order valence-electron chi connectivity index (χ3n) is 3.37. The van der Waals surface area contributed by atoms with Gasteiger partial charge in [0.1, 0.15) is 0 Å². The standard InChI is InChI=1S/C13H27NO2/c1-2-3-10-16-11-9-14-8-6-4-5-7-13(14)12-15/h13,15H,2-12H2,1H3. The molecule has 0 aromatic heterocycles. The highest BCUT2D eigenvalue weighted by Gasteiger charge is 2.19. The Morgan fingerprint density at radius 3 is 2.88 bits per heavy atom. The summed E-state index contributed by atoms with van der Waals surface area (Å²) in [7, 11) is 0. The van der Waals surface area contributed by atoms with Crippen LogP contribution >= 0.6 is 0 Å². The van der Waals surface area contributed by atoms with Crippen LogP contribution in [0, 0.1) is 0 Å². The maximum atomic E-state index is 9.34. The van der Waals surface area contributed by atoms with Gasteiger partial charge in [-0.3, -0.25) is 4.90 Å². The topological polar surface area (TPSA) is 32.7 Å². The van der Waals surface area contributed by atoms with Gasteiger partial charge in [-0.15, -0.1) is 0 Å². The summed E-state index contributed by atoms with van der Waals surface area (Å²) in [6.45, 7) is 6.29. The summed E-state index contributed by atoms with van der Waals surface area (Å²) in [5.74, 6) is 0. The molecule has 0 bridgehead atoms. The summed E-state index contributed by atoms with van der Waals surface area (Å²) in [6.07, 6.45) is 7.34. The molecular weight excluding hydrogens is 202 g/mol. The lowest BCUT2D eigenvalue weighted by Crippen LogP contribution is -2.39. The van der Waals surface area contributed by atoms with Crippen LogP contribution < -0.4 is 0 Å². The van der Waals surface area contributed by atoms with Crippen LogP contribution in [0.2, 0.25) is 0 Å². The first kappa shape index (κ1) is 13.9. The summed E-state index contributed by atoms with van der Waals surface area (Å²) in [5.41, 5.74) is 0. The summed E-state index contributed by atoms with van der Waals surface area (Å²) >= 11 is 0. The van der Waals surface area contributed by atoms with Crippen molar-refractivity contribution in [2.24, 2.45) is 0 Å². The van der Waals surface area contributed by atoms with Crippen molar-refractivity contribution in [1.29, 1.82) is 0 Å². The number of likely N-dealkylation sites (tertiary alicyclic amines) is 1. The van der Waals surface area contributed by atoms with Gasteiger partial charge < -0.3 is 9.84 Å². The zero-order chi connectivity index (χ0) is 11.6. The lowest BCUT2D eigenvalue weighted by molar-refractivity contribution is 0.0674. The van der Waals surface area contributed by atoms with Crippen LogP contribution in [-0.4, -0.2) is 49.0 Å². The number of aliphatic hydroxyl groups excluding tert-OH is 1. The van der Waals surface area contributed by atoms with Crippen LogP contribution in [0.5, 0.6) is 0 Å². The molecule has 3 heteroatoms. The zero-order valence-corrected chi connectivity index (χ0v) is 10.7. The van der Waals surface area contributed by atoms with Gasteiger partial charge in [-0.25, -0.2) is 0 Å². The molecule has 1 N–H and O–H groups in total. The van der Waals surface area contributed by atoms with Gasteiger partial charge in [0.2, 0.25) is 0 Å². The largest absolute Gasteiger partial charge is 0.395 e. The molecule has 0 saturated carbocycles. The molecule has 1 saturated heterocycles. The number of rotatable bonds is 7. The maximum absolute atomic E-state index is 9.34. The van der Waals surface area contributed by atoms with Gasteiger partial charge in [-0.05, 0) is 25.8 Å². The van der Waals surface area contributed by atoms with E-state index >= 15 is 0 Å². The first-order valence-corrected chi connectivity index (χ1v) is 6.81. The molecule has 0 spiro atoms. The number of unbranched alkanes of at least 4 members (excludes halogenated alkanes) is 1. The zero-order valence-electron chi connectivity index (χ0n) is 10.7. The average molecular weight is 229 g/mol. The van der Waals surface area contributed by atoms with E-state index in [9.17, 15) is 5.11 Å². The van der Waals surface area contributed by atoms with E-state index in [2.05, 4.69) is 11.8 Å². The first-order valence-electron chi connectivity index (χ1n) is 6.81. The van der Waals surface area contributed by atoms with Crippen LogP contribution in [0.1, 0.15) is 45.4 Å². The van der Waals surface area contributed by atoms with Gasteiger partial charge in [-0.1, -0.05) is 26.2 Å². The minimum atomic E-state index is 0.301. The molecule has 3 nitrogen and oxygen atoms in total. The highest BCUT2D eigenvalue weighted by atomic mass is 16.5. The van der Waals surface area contributed by atoms with Crippen molar-refractivity contribution in [3.8, 4) is 0 Å². The van der Waals surface area contributed by atoms with Crippen LogP contribution in [0.3, 0.4) is 0 Å². The smallest absolute Gasteiger partial charge is 0.0593 e. The van der Waals surface area contributed by atoms with Crippen molar-refractivity contribution in [3.05, 3.63) is 0 Å². The normalized spacial score (nSPS) is 23.2. The fourth-order valence-corrected chi connectivity index (χ4v) is 2.27. The minimum absolute atomic E-state index is 0.301. The predicted molar refractivity (Wildman–Crippen MR) is 66.6 cm³/mol. The van der Waals surface area contributed by atoms with Crippen molar-refractivity contribution in [3.63, 3.8) is 0 Å². The molecule has 1 aliphatic rings. The number of hydrogen-bond acceptors (Lipinski definition) is 3. The van der Waals surface area contributed by atoms with Crippen molar-refractivity contribution in [1.82, 2.24) is 4.90 Å². The molecule has 0 aliphatic carbocycles. The summed E-state index contributed by atoms with van der Waals surface area (Å²) in [4.78, 5) is 2.40. The molecule has 1 aliphatic heterocycles. The van der Waals surface area contributed by atoms with E-state index in [1.54, 1.807) is 0 Å². The summed E-state index contributed by atoms with van der Waals surface area (Å²) < 4.78 is 5.59. The van der Waals surface area contributed by atoms with Crippen molar-refractivity contribution in [2.75, 3.05) is 32.9 Å². The molecule has 0 radical (unpaired) electrons. The molecule has 1 fully saturated rings. The lowest BCUT2D eigenvalue weighted by Gasteiger charge is -2.28. The molecule has 1 rings (SSSR count). The molecule has 0 aromatic rings. The number of nitrogens with zero attached hydrogens (tertiary/aromatic N) is 1. The Balaban J connectivity index is 2.15. The van der Waals surface area contributed by atoms with Gasteiger partial charge >= 0.3 is 0 Å². The SMILES string of the molecule is CCCCOCCN1CCCCCC1CO. The lowest BCUT2D eigenvalue weighted by atomic mass is 10.1. The van der Waals surface area contributed by atoms with Crippen molar-refractivity contribution in [2.45, 2.75) is 51.5 Å². The van der Waals surface area contributed by atoms with Crippen LogP contribution in [0.15, 0.2) is 0 Å². The molecule has 1 heterocycles. The van der Waals surface area contributed by atoms with Gasteiger partial charge in [-0.2, -0.15) is 0 Å². The van der Waals surface area contributed by atoms with Gasteiger partial charge in [0.25, 0.3) is 0 Å². The molecule has 16 heavy (non-hydrogen) atoms. The van der Waals surface area contributed by atoms with E-state index in [-0.39, 0.29) is 0 Å². The van der Waals surface area contributed by atoms with E-state index in [4.69, 9.17) is 4.74 Å². The summed E-state index contributed by atoms with van der Waals surface area (Å²) in [5, 5.41) is 9.34. The maximum Gasteiger partial charge on any atom is 0.0593 e. The second-order valence-corrected chi connectivity index (χ2v) is 4.69. The molecule has 1 unspecified atom stereocenters. The highest BCUT2D eigenvalue weighted by Crippen LogP contribution is 2.15. The Morgan fingerprint density at radius 1 is 1.25 bits per heavy atom. The fraction of sp³-hybridized carbons (Fsp3) is 1.00. The van der Waals surface area contributed by atoms with Crippen LogP contribution in [0.4, 0.5) is 0 Å². The molecule has 1 atom stereocenters. The predicted octanol–water partition coefficient (Wildman–Crippen LogP) is 2.04. The van der Waals surface area contributed by atoms with Crippen molar-refractivity contribution < 1.29 is 9.84 Å². The Bertz CT molecular complexity index is 164. The Labute approximate surface area is 99.8 Å². The third kappa shape index (κ3) is 5.28. The number of ether oxygens (including phenoxy) is 1. The average Bonchev–Trinajstić information content (AvgIpc) is 2.53. The van der Waals surface area contributed by atoms with Crippen molar-refractivity contribution >= 4 is 0 Å². The Kier molecular flexibility index (Phi) is 7.81. The number of hydrogen-bond donors (Lipinski definition) is 1. The number of aliphatic hydroxyl groups is 1. The van der Waals surface area contributed by atoms with E-state index in [1.165, 1.54) is 25.7 Å². The monoisotopic (exact) mass is 229 g/mol. The van der Waals surface area contributed by atoms with Gasteiger partial charge in [0.15, 0.2) is 0 Å². The van der Waals surface area contributed by atoms with Gasteiger partial charge in [0.05, 0.1) is 13.2 Å². The van der Waals surface area contributed by atoms with Gasteiger partial charge in [0, 0.05) is 19.2 Å². The second kappa shape index (κ2) is 8.97.